The lowest BCUT2D eigenvalue weighted by Crippen LogP contribution is -2.00. The van der Waals surface area contributed by atoms with Crippen LogP contribution in [0.3, 0.4) is 0 Å². The first-order valence-corrected chi connectivity index (χ1v) is 7.82. The van der Waals surface area contributed by atoms with Crippen molar-refractivity contribution in [3.05, 3.63) is 56.6 Å². The molecule has 0 amide bonds. The lowest BCUT2D eigenvalue weighted by Gasteiger charge is -2.01. The highest BCUT2D eigenvalue weighted by atomic mass is 35.5. The van der Waals surface area contributed by atoms with Crippen LogP contribution in [0.15, 0.2) is 36.0 Å². The summed E-state index contributed by atoms with van der Waals surface area (Å²) in [6, 6.07) is 5.21. The topological polar surface area (TPSA) is 68.0 Å². The van der Waals surface area contributed by atoms with Gasteiger partial charge in [-0.05, 0) is 18.2 Å². The van der Waals surface area contributed by atoms with Gasteiger partial charge in [0.25, 0.3) is 0 Å². The van der Waals surface area contributed by atoms with Gasteiger partial charge in [0.15, 0.2) is 0 Å². The second kappa shape index (κ2) is 6.08. The Hall–Kier alpha value is -1.89. The van der Waals surface area contributed by atoms with Gasteiger partial charge in [-0.15, -0.1) is 11.3 Å². The predicted octanol–water partition coefficient (Wildman–Crippen LogP) is 4.06. The Morgan fingerprint density at radius 1 is 1.36 bits per heavy atom. The van der Waals surface area contributed by atoms with Crippen molar-refractivity contribution in [2.45, 2.75) is 6.54 Å². The van der Waals surface area contributed by atoms with Crippen molar-refractivity contribution < 1.29 is 9.90 Å². The molecule has 2 heterocycles. The Balaban J connectivity index is 1.84. The van der Waals surface area contributed by atoms with Crippen molar-refractivity contribution >= 4 is 40.5 Å². The van der Waals surface area contributed by atoms with Crippen molar-refractivity contribution in [2.24, 2.45) is 0 Å². The zero-order valence-electron chi connectivity index (χ0n) is 11.0. The number of rotatable bonds is 4. The highest BCUT2D eigenvalue weighted by molar-refractivity contribution is 7.09. The van der Waals surface area contributed by atoms with Gasteiger partial charge in [0, 0.05) is 22.2 Å². The minimum absolute atomic E-state index is 0.148. The number of nitrogens with zero attached hydrogens (tertiary/aromatic N) is 3. The van der Waals surface area contributed by atoms with Gasteiger partial charge in [-0.2, -0.15) is 5.10 Å². The van der Waals surface area contributed by atoms with Crippen molar-refractivity contribution in [3.8, 4) is 11.3 Å². The Kier molecular flexibility index (Phi) is 4.15. The molecule has 8 heteroatoms. The Morgan fingerprint density at radius 2 is 2.18 bits per heavy atom. The fourth-order valence-corrected chi connectivity index (χ4v) is 3.07. The third-order valence-corrected chi connectivity index (χ3v) is 4.33. The van der Waals surface area contributed by atoms with Crippen LogP contribution in [0, 0.1) is 0 Å². The van der Waals surface area contributed by atoms with E-state index in [9.17, 15) is 4.79 Å². The van der Waals surface area contributed by atoms with E-state index in [1.165, 1.54) is 28.4 Å². The minimum Gasteiger partial charge on any atom is -0.478 e. The summed E-state index contributed by atoms with van der Waals surface area (Å²) in [7, 11) is 0. The third-order valence-electron chi connectivity index (χ3n) is 2.93. The fourth-order valence-electron chi connectivity index (χ4n) is 1.90. The fraction of sp³-hybridized carbons (Fsp3) is 0.0714. The zero-order valence-corrected chi connectivity index (χ0v) is 13.4. The summed E-state index contributed by atoms with van der Waals surface area (Å²) in [6.07, 6.45) is 2.78. The number of carbonyl (C=O) groups is 1. The number of hydrogen-bond donors (Lipinski definition) is 1. The predicted molar refractivity (Wildman–Crippen MR) is 85.9 cm³/mol. The summed E-state index contributed by atoms with van der Waals surface area (Å²) in [6.45, 7) is 0.399. The molecule has 5 nitrogen and oxygen atoms in total. The molecule has 0 saturated heterocycles. The number of carboxylic acids is 1. The minimum atomic E-state index is -1.00. The summed E-state index contributed by atoms with van der Waals surface area (Å²) in [5.74, 6) is -1.00. The van der Waals surface area contributed by atoms with E-state index in [1.54, 1.807) is 18.2 Å². The molecule has 0 aliphatic heterocycles. The molecule has 0 aliphatic carbocycles. The van der Waals surface area contributed by atoms with E-state index in [1.807, 2.05) is 5.38 Å². The normalized spacial score (nSPS) is 10.8. The molecule has 3 aromatic rings. The van der Waals surface area contributed by atoms with Crippen LogP contribution in [-0.2, 0) is 6.54 Å². The molecule has 22 heavy (non-hydrogen) atoms. The average Bonchev–Trinajstić information content (AvgIpc) is 3.11. The van der Waals surface area contributed by atoms with Crippen molar-refractivity contribution in [1.82, 2.24) is 14.8 Å². The molecule has 0 saturated carbocycles. The van der Waals surface area contributed by atoms with Gasteiger partial charge in [-0.25, -0.2) is 9.78 Å². The Labute approximate surface area is 139 Å². The zero-order chi connectivity index (χ0) is 15.7. The maximum atomic E-state index is 10.8. The number of benzene rings is 1. The standard InChI is InChI=1S/C14H9Cl2N3O2S/c15-9-1-2-11(16)10(3-9)12-7-22-13(18-12)6-19-5-8(4-17-19)14(20)21/h1-5,7H,6H2,(H,20,21). The molecule has 2 aromatic heterocycles. The molecule has 0 aliphatic rings. The van der Waals surface area contributed by atoms with Gasteiger partial charge >= 0.3 is 5.97 Å². The van der Waals surface area contributed by atoms with E-state index in [2.05, 4.69) is 10.1 Å². The lowest BCUT2D eigenvalue weighted by molar-refractivity contribution is 0.0697. The summed E-state index contributed by atoms with van der Waals surface area (Å²) in [4.78, 5) is 15.3. The molecule has 0 bridgehead atoms. The quantitative estimate of drug-likeness (QED) is 0.767. The lowest BCUT2D eigenvalue weighted by atomic mass is 10.2. The van der Waals surface area contributed by atoms with Gasteiger partial charge in [0.05, 0.1) is 29.0 Å². The van der Waals surface area contributed by atoms with Crippen molar-refractivity contribution in [2.75, 3.05) is 0 Å². The number of hydrogen-bond acceptors (Lipinski definition) is 4. The molecule has 112 valence electrons. The molecule has 0 unspecified atom stereocenters. The van der Waals surface area contributed by atoms with Crippen LogP contribution >= 0.6 is 34.5 Å². The summed E-state index contributed by atoms with van der Waals surface area (Å²) >= 11 is 13.6. The molecule has 0 radical (unpaired) electrons. The summed E-state index contributed by atoms with van der Waals surface area (Å²) < 4.78 is 1.53. The number of aromatic carboxylic acids is 1. The third kappa shape index (κ3) is 3.14. The first kappa shape index (κ1) is 15.0. The van der Waals surface area contributed by atoms with Gasteiger partial charge < -0.3 is 5.11 Å². The highest BCUT2D eigenvalue weighted by Crippen LogP contribution is 2.31. The number of thiazole rings is 1. The monoisotopic (exact) mass is 353 g/mol. The molecular formula is C14H9Cl2N3O2S. The molecule has 1 N–H and O–H groups in total. The molecule has 1 aromatic carbocycles. The molecule has 0 fully saturated rings. The van der Waals surface area contributed by atoms with E-state index in [0.29, 0.717) is 16.6 Å². The Bertz CT molecular complexity index is 844. The van der Waals surface area contributed by atoms with Gasteiger partial charge in [-0.1, -0.05) is 23.2 Å². The molecule has 0 spiro atoms. The molecule has 0 atom stereocenters. The smallest absolute Gasteiger partial charge is 0.338 e. The van der Waals surface area contributed by atoms with Crippen molar-refractivity contribution in [1.29, 1.82) is 0 Å². The second-order valence-corrected chi connectivity index (χ2v) is 6.27. The van der Waals surface area contributed by atoms with E-state index in [0.717, 1.165) is 16.3 Å². The Morgan fingerprint density at radius 3 is 2.91 bits per heavy atom. The van der Waals surface area contributed by atoms with Crippen LogP contribution in [-0.4, -0.2) is 25.8 Å². The van der Waals surface area contributed by atoms with Gasteiger partial charge in [0.2, 0.25) is 0 Å². The van der Waals surface area contributed by atoms with E-state index < -0.39 is 5.97 Å². The number of halogens is 2. The first-order chi connectivity index (χ1) is 10.5. The maximum Gasteiger partial charge on any atom is 0.338 e. The highest BCUT2D eigenvalue weighted by Gasteiger charge is 2.11. The number of aromatic nitrogens is 3. The largest absolute Gasteiger partial charge is 0.478 e. The van der Waals surface area contributed by atoms with E-state index in [4.69, 9.17) is 28.3 Å². The molecular weight excluding hydrogens is 345 g/mol. The van der Waals surface area contributed by atoms with Crippen LogP contribution in [0.1, 0.15) is 15.4 Å². The average molecular weight is 354 g/mol. The first-order valence-electron chi connectivity index (χ1n) is 6.18. The van der Waals surface area contributed by atoms with Crippen molar-refractivity contribution in [3.63, 3.8) is 0 Å². The van der Waals surface area contributed by atoms with Crippen LogP contribution in [0.25, 0.3) is 11.3 Å². The summed E-state index contributed by atoms with van der Waals surface area (Å²) in [5, 5.41) is 16.7. The summed E-state index contributed by atoms with van der Waals surface area (Å²) in [5.41, 5.74) is 1.65. The second-order valence-electron chi connectivity index (χ2n) is 4.48. The SMILES string of the molecule is O=C(O)c1cnn(Cc2nc(-c3cc(Cl)ccc3Cl)cs2)c1. The van der Waals surface area contributed by atoms with Crippen LogP contribution in [0.5, 0.6) is 0 Å². The molecule has 3 rings (SSSR count). The number of carboxylic acid groups (broad SMARTS) is 1. The van der Waals surface area contributed by atoms with Crippen LogP contribution < -0.4 is 0 Å². The van der Waals surface area contributed by atoms with Gasteiger partial charge in [0.1, 0.15) is 5.01 Å². The van der Waals surface area contributed by atoms with Crippen LogP contribution in [0.4, 0.5) is 0 Å². The van der Waals surface area contributed by atoms with E-state index >= 15 is 0 Å². The van der Waals surface area contributed by atoms with Crippen LogP contribution in [0.2, 0.25) is 10.0 Å². The van der Waals surface area contributed by atoms with Gasteiger partial charge in [-0.3, -0.25) is 4.68 Å². The maximum absolute atomic E-state index is 10.8. The van der Waals surface area contributed by atoms with E-state index in [-0.39, 0.29) is 5.56 Å².